The molecular weight excluding hydrogens is 369 g/mol. The van der Waals surface area contributed by atoms with Crippen LogP contribution in [0.25, 0.3) is 16.6 Å². The maximum absolute atomic E-state index is 13.9. The Morgan fingerprint density at radius 1 is 1.07 bits per heavy atom. The number of nitrogens with zero attached hydrogens (tertiary/aromatic N) is 3. The van der Waals surface area contributed by atoms with Gasteiger partial charge in [-0.25, -0.2) is 22.8 Å². The van der Waals surface area contributed by atoms with E-state index in [1.165, 1.54) is 29.1 Å². The quantitative estimate of drug-likeness (QED) is 0.560. The first-order chi connectivity index (χ1) is 13.4. The van der Waals surface area contributed by atoms with Gasteiger partial charge in [-0.15, -0.1) is 0 Å². The highest BCUT2D eigenvalue weighted by atomic mass is 19.2. The van der Waals surface area contributed by atoms with Gasteiger partial charge in [0, 0.05) is 29.4 Å². The number of hydrogen-bond donors (Lipinski definition) is 1. The van der Waals surface area contributed by atoms with E-state index in [1.54, 1.807) is 25.3 Å². The molecule has 0 saturated heterocycles. The van der Waals surface area contributed by atoms with Crippen LogP contribution in [0.4, 0.5) is 19.0 Å². The van der Waals surface area contributed by atoms with Crippen molar-refractivity contribution >= 4 is 16.7 Å². The smallest absolute Gasteiger partial charge is 0.166 e. The number of anilines is 1. The molecule has 0 aliphatic carbocycles. The highest BCUT2D eigenvalue weighted by molar-refractivity contribution is 5.82. The second-order valence-corrected chi connectivity index (χ2v) is 6.24. The van der Waals surface area contributed by atoms with Gasteiger partial charge < -0.3 is 10.5 Å². The molecule has 0 aliphatic heterocycles. The first kappa shape index (κ1) is 17.8. The number of fused-ring (bicyclic) bond motifs is 1. The normalized spacial score (nSPS) is 12.3. The number of rotatable bonds is 4. The molecular formula is C20H15F3N4O. The van der Waals surface area contributed by atoms with Crippen molar-refractivity contribution in [3.63, 3.8) is 0 Å². The van der Waals surface area contributed by atoms with Gasteiger partial charge in [0.2, 0.25) is 0 Å². The summed E-state index contributed by atoms with van der Waals surface area (Å²) >= 11 is 0. The molecule has 142 valence electrons. The maximum Gasteiger partial charge on any atom is 0.166 e. The molecule has 0 unspecified atom stereocenters. The van der Waals surface area contributed by atoms with E-state index in [4.69, 9.17) is 10.5 Å². The van der Waals surface area contributed by atoms with Crippen molar-refractivity contribution in [3.8, 4) is 11.4 Å². The van der Waals surface area contributed by atoms with Gasteiger partial charge in [0.25, 0.3) is 0 Å². The SMILES string of the molecule is C[C@H](Oc1cc2cc(F)ccc2nc1N)c1cc(F)c(F)cc1-n1cccn1. The minimum absolute atomic E-state index is 0.106. The van der Waals surface area contributed by atoms with Crippen LogP contribution in [0.2, 0.25) is 0 Å². The van der Waals surface area contributed by atoms with Crippen molar-refractivity contribution in [2.45, 2.75) is 13.0 Å². The average molecular weight is 384 g/mol. The van der Waals surface area contributed by atoms with E-state index in [-0.39, 0.29) is 11.6 Å². The summed E-state index contributed by atoms with van der Waals surface area (Å²) in [5, 5.41) is 4.58. The van der Waals surface area contributed by atoms with Gasteiger partial charge >= 0.3 is 0 Å². The van der Waals surface area contributed by atoms with E-state index in [9.17, 15) is 13.2 Å². The van der Waals surface area contributed by atoms with Crippen LogP contribution in [0.1, 0.15) is 18.6 Å². The third-order valence-electron chi connectivity index (χ3n) is 4.33. The van der Waals surface area contributed by atoms with Crippen molar-refractivity contribution < 1.29 is 17.9 Å². The zero-order valence-corrected chi connectivity index (χ0v) is 14.7. The van der Waals surface area contributed by atoms with Gasteiger partial charge in [-0.1, -0.05) is 0 Å². The van der Waals surface area contributed by atoms with E-state index in [2.05, 4.69) is 10.1 Å². The lowest BCUT2D eigenvalue weighted by atomic mass is 10.1. The van der Waals surface area contributed by atoms with Gasteiger partial charge in [0.15, 0.2) is 23.2 Å². The molecule has 5 nitrogen and oxygen atoms in total. The van der Waals surface area contributed by atoms with Crippen molar-refractivity contribution in [2.75, 3.05) is 5.73 Å². The predicted octanol–water partition coefficient (Wildman–Crippen LogP) is 4.56. The highest BCUT2D eigenvalue weighted by Crippen LogP contribution is 2.32. The van der Waals surface area contributed by atoms with Crippen molar-refractivity contribution in [1.29, 1.82) is 0 Å². The fourth-order valence-electron chi connectivity index (χ4n) is 2.98. The lowest BCUT2D eigenvalue weighted by Gasteiger charge is -2.20. The number of nitrogens with two attached hydrogens (primary N) is 1. The van der Waals surface area contributed by atoms with Crippen LogP contribution in [0.5, 0.6) is 5.75 Å². The Morgan fingerprint density at radius 2 is 1.86 bits per heavy atom. The number of benzene rings is 2. The Kier molecular flexibility index (Phi) is 4.38. The van der Waals surface area contributed by atoms with E-state index in [0.717, 1.165) is 12.1 Å². The Labute approximate surface area is 158 Å². The Bertz CT molecular complexity index is 1160. The van der Waals surface area contributed by atoms with E-state index >= 15 is 0 Å². The second kappa shape index (κ2) is 6.88. The van der Waals surface area contributed by atoms with Crippen LogP contribution >= 0.6 is 0 Å². The van der Waals surface area contributed by atoms with Crippen LogP contribution in [-0.4, -0.2) is 14.8 Å². The molecule has 4 rings (SSSR count). The van der Waals surface area contributed by atoms with Gasteiger partial charge in [-0.05, 0) is 43.3 Å². The molecule has 0 fully saturated rings. The van der Waals surface area contributed by atoms with Crippen LogP contribution < -0.4 is 10.5 Å². The summed E-state index contributed by atoms with van der Waals surface area (Å²) < 4.78 is 48.5. The molecule has 0 amide bonds. The van der Waals surface area contributed by atoms with E-state index in [1.807, 2.05) is 0 Å². The molecule has 0 bridgehead atoms. The maximum atomic E-state index is 13.9. The summed E-state index contributed by atoms with van der Waals surface area (Å²) in [5.74, 6) is -2.10. The number of pyridine rings is 1. The number of halogens is 3. The van der Waals surface area contributed by atoms with Gasteiger partial charge in [0.1, 0.15) is 11.9 Å². The van der Waals surface area contributed by atoms with Crippen LogP contribution in [0.3, 0.4) is 0 Å². The predicted molar refractivity (Wildman–Crippen MR) is 98.6 cm³/mol. The summed E-state index contributed by atoms with van der Waals surface area (Å²) in [6, 6.07) is 9.44. The standard InChI is InChI=1S/C20H15F3N4O/c1-11(14-9-15(22)16(23)10-18(14)27-6-2-5-25-27)28-19-8-12-7-13(21)3-4-17(12)26-20(19)24/h2-11H,1H3,(H2,24,26)/t11-/m0/s1. The van der Waals surface area contributed by atoms with Crippen molar-refractivity contribution in [3.05, 3.63) is 77.9 Å². The second-order valence-electron chi connectivity index (χ2n) is 6.24. The number of ether oxygens (including phenoxy) is 1. The van der Waals surface area contributed by atoms with E-state index in [0.29, 0.717) is 22.2 Å². The molecule has 4 aromatic rings. The summed E-state index contributed by atoms with van der Waals surface area (Å²) in [5.41, 5.74) is 7.16. The number of aromatic nitrogens is 3. The third-order valence-corrected chi connectivity index (χ3v) is 4.33. The Morgan fingerprint density at radius 3 is 2.61 bits per heavy atom. The van der Waals surface area contributed by atoms with Crippen LogP contribution in [-0.2, 0) is 0 Å². The lowest BCUT2D eigenvalue weighted by Crippen LogP contribution is -2.11. The highest BCUT2D eigenvalue weighted by Gasteiger charge is 2.19. The Balaban J connectivity index is 1.75. The summed E-state index contributed by atoms with van der Waals surface area (Å²) in [6.07, 6.45) is 2.41. The Hall–Kier alpha value is -3.55. The third kappa shape index (κ3) is 3.24. The minimum atomic E-state index is -1.01. The van der Waals surface area contributed by atoms with E-state index < -0.39 is 23.6 Å². The molecule has 2 heterocycles. The summed E-state index contributed by atoms with van der Waals surface area (Å²) in [4.78, 5) is 4.20. The van der Waals surface area contributed by atoms with Crippen molar-refractivity contribution in [2.24, 2.45) is 0 Å². The fourth-order valence-corrected chi connectivity index (χ4v) is 2.98. The minimum Gasteiger partial charge on any atom is -0.482 e. The van der Waals surface area contributed by atoms with Gasteiger partial charge in [-0.2, -0.15) is 5.10 Å². The molecule has 0 radical (unpaired) electrons. The largest absolute Gasteiger partial charge is 0.482 e. The monoisotopic (exact) mass is 384 g/mol. The summed E-state index contributed by atoms with van der Waals surface area (Å²) in [7, 11) is 0. The molecule has 2 N–H and O–H groups in total. The topological polar surface area (TPSA) is 66.0 Å². The fraction of sp³-hybridized carbons (Fsp3) is 0.100. The molecule has 0 spiro atoms. The molecule has 28 heavy (non-hydrogen) atoms. The zero-order valence-electron chi connectivity index (χ0n) is 14.7. The van der Waals surface area contributed by atoms with Crippen molar-refractivity contribution in [1.82, 2.24) is 14.8 Å². The molecule has 8 heteroatoms. The lowest BCUT2D eigenvalue weighted by molar-refractivity contribution is 0.226. The molecule has 2 aromatic heterocycles. The first-order valence-electron chi connectivity index (χ1n) is 8.44. The number of nitrogen functional groups attached to an aromatic ring is 1. The van der Waals surface area contributed by atoms with Crippen LogP contribution in [0, 0.1) is 17.5 Å². The average Bonchev–Trinajstić information content (AvgIpc) is 3.19. The molecule has 0 saturated carbocycles. The van der Waals surface area contributed by atoms with Gasteiger partial charge in [0.05, 0.1) is 11.2 Å². The molecule has 2 aromatic carbocycles. The molecule has 1 atom stereocenters. The summed E-state index contributed by atoms with van der Waals surface area (Å²) in [6.45, 7) is 1.66. The zero-order chi connectivity index (χ0) is 19.8. The van der Waals surface area contributed by atoms with Crippen LogP contribution in [0.15, 0.2) is 54.9 Å². The number of hydrogen-bond acceptors (Lipinski definition) is 4. The molecule has 0 aliphatic rings. The first-order valence-corrected chi connectivity index (χ1v) is 8.44. The van der Waals surface area contributed by atoms with Gasteiger partial charge in [-0.3, -0.25) is 0 Å².